The van der Waals surface area contributed by atoms with E-state index in [4.69, 9.17) is 0 Å². The number of nitrogens with zero attached hydrogens (tertiary/aromatic N) is 2. The highest BCUT2D eigenvalue weighted by atomic mass is 14.7. The minimum absolute atomic E-state index is 0.315. The molecule has 1 heterocycles. The van der Waals surface area contributed by atoms with E-state index in [1.807, 2.05) is 12.1 Å². The summed E-state index contributed by atoms with van der Waals surface area (Å²) in [4.78, 5) is 4.13. The lowest BCUT2D eigenvalue weighted by Gasteiger charge is -2.30. The molecule has 0 bridgehead atoms. The van der Waals surface area contributed by atoms with Gasteiger partial charge in [0.05, 0.1) is 5.41 Å². The van der Waals surface area contributed by atoms with E-state index < -0.39 is 0 Å². The average molecular weight is 495 g/mol. The van der Waals surface area contributed by atoms with Gasteiger partial charge >= 0.3 is 0 Å². The van der Waals surface area contributed by atoms with Crippen molar-refractivity contribution in [2.75, 3.05) is 0 Å². The third kappa shape index (κ3) is 2.93. The molecule has 8 rings (SSSR count). The highest BCUT2D eigenvalue weighted by Crippen LogP contribution is 2.62. The van der Waals surface area contributed by atoms with Crippen molar-refractivity contribution in [3.05, 3.63) is 162 Å². The monoisotopic (exact) mass is 494 g/mol. The lowest BCUT2D eigenvalue weighted by atomic mass is 9.70. The summed E-state index contributed by atoms with van der Waals surface area (Å²) in [6.07, 6.45) is 1.70. The fraction of sp³-hybridized carbons (Fsp3) is 0.0270. The van der Waals surface area contributed by atoms with E-state index in [1.54, 1.807) is 6.20 Å². The first-order chi connectivity index (χ1) is 19.3. The molecule has 0 radical (unpaired) electrons. The second-order valence-electron chi connectivity index (χ2n) is 10.3. The average Bonchev–Trinajstić information content (AvgIpc) is 3.48. The summed E-state index contributed by atoms with van der Waals surface area (Å²) in [5, 5.41) is 9.31. The fourth-order valence-corrected chi connectivity index (χ4v) is 6.83. The van der Waals surface area contributed by atoms with Gasteiger partial charge in [0.2, 0.25) is 0 Å². The van der Waals surface area contributed by atoms with Crippen LogP contribution in [0.15, 0.2) is 134 Å². The van der Waals surface area contributed by atoms with Crippen LogP contribution >= 0.6 is 0 Å². The van der Waals surface area contributed by atoms with Gasteiger partial charge in [0.25, 0.3) is 0 Å². The molecular formula is C37H22N2. The smallest absolute Gasteiger partial charge is 0.141 e. The van der Waals surface area contributed by atoms with Gasteiger partial charge < -0.3 is 0 Å². The van der Waals surface area contributed by atoms with Crippen LogP contribution in [0, 0.1) is 11.3 Å². The predicted molar refractivity (Wildman–Crippen MR) is 156 cm³/mol. The Kier molecular flexibility index (Phi) is 4.54. The van der Waals surface area contributed by atoms with Gasteiger partial charge in [-0.15, -0.1) is 0 Å². The van der Waals surface area contributed by atoms with Gasteiger partial charge in [0, 0.05) is 6.20 Å². The first-order valence-electron chi connectivity index (χ1n) is 13.2. The van der Waals surface area contributed by atoms with Crippen LogP contribution in [0.2, 0.25) is 0 Å². The minimum atomic E-state index is -0.315. The molecule has 2 heteroatoms. The Morgan fingerprint density at radius 3 is 1.59 bits per heavy atom. The Morgan fingerprint density at radius 1 is 0.462 bits per heavy atom. The number of fused-ring (bicyclic) bond motifs is 10. The second-order valence-corrected chi connectivity index (χ2v) is 10.3. The van der Waals surface area contributed by atoms with Crippen LogP contribution in [-0.4, -0.2) is 4.98 Å². The van der Waals surface area contributed by atoms with Crippen LogP contribution in [0.1, 0.15) is 27.9 Å². The van der Waals surface area contributed by atoms with Gasteiger partial charge in [-0.1, -0.05) is 103 Å². The number of aromatic nitrogens is 1. The van der Waals surface area contributed by atoms with Gasteiger partial charge in [-0.05, 0) is 91.0 Å². The molecule has 180 valence electrons. The summed E-state index contributed by atoms with van der Waals surface area (Å²) in [6, 6.07) is 48.1. The number of pyridine rings is 1. The van der Waals surface area contributed by atoms with Crippen molar-refractivity contribution in [3.8, 4) is 50.6 Å². The third-order valence-corrected chi connectivity index (χ3v) is 8.40. The topological polar surface area (TPSA) is 36.7 Å². The molecular weight excluding hydrogens is 472 g/mol. The summed E-state index contributed by atoms with van der Waals surface area (Å²) >= 11 is 0. The summed E-state index contributed by atoms with van der Waals surface area (Å²) in [5.41, 5.74) is 15.1. The van der Waals surface area contributed by atoms with E-state index in [1.165, 1.54) is 50.1 Å². The predicted octanol–water partition coefficient (Wildman–Crippen LogP) is 8.63. The number of hydrogen-bond donors (Lipinski definition) is 0. The third-order valence-electron chi connectivity index (χ3n) is 8.40. The normalized spacial score (nSPS) is 13.3. The number of rotatable bonds is 2. The molecule has 39 heavy (non-hydrogen) atoms. The minimum Gasteiger partial charge on any atom is -0.246 e. The summed E-state index contributed by atoms with van der Waals surface area (Å²) in [6.45, 7) is 0. The number of nitriles is 1. The van der Waals surface area contributed by atoms with Crippen molar-refractivity contribution in [2.45, 2.75) is 5.41 Å². The Balaban J connectivity index is 1.35. The first-order valence-corrected chi connectivity index (χ1v) is 13.2. The van der Waals surface area contributed by atoms with Crippen LogP contribution in [-0.2, 0) is 5.41 Å². The molecule has 6 aromatic rings. The lowest BCUT2D eigenvalue weighted by Crippen LogP contribution is -2.25. The maximum atomic E-state index is 9.31. The molecule has 0 unspecified atom stereocenters. The standard InChI is InChI=1S/C37H22N2/c38-23-28-21-27(18-19-39-28)25-9-7-8-24(20-25)26-16-17-36-32(22-26)31-12-3-6-15-35(31)37(36)33-13-4-1-10-29(33)30-11-2-5-14-34(30)37/h1-22H. The summed E-state index contributed by atoms with van der Waals surface area (Å²) < 4.78 is 0. The molecule has 1 spiro atoms. The Bertz CT molecular complexity index is 1950. The van der Waals surface area contributed by atoms with E-state index in [0.717, 1.165) is 16.7 Å². The quantitative estimate of drug-likeness (QED) is 0.241. The van der Waals surface area contributed by atoms with Gasteiger partial charge in [-0.3, -0.25) is 0 Å². The zero-order chi connectivity index (χ0) is 26.0. The molecule has 0 N–H and O–H groups in total. The van der Waals surface area contributed by atoms with Gasteiger partial charge in [0.1, 0.15) is 11.8 Å². The lowest BCUT2D eigenvalue weighted by molar-refractivity contribution is 0.794. The van der Waals surface area contributed by atoms with Crippen LogP contribution in [0.25, 0.3) is 44.5 Å². The number of benzene rings is 5. The maximum absolute atomic E-state index is 9.31. The number of hydrogen-bond acceptors (Lipinski definition) is 2. The zero-order valence-electron chi connectivity index (χ0n) is 21.1. The molecule has 0 saturated carbocycles. The first kappa shape index (κ1) is 21.8. The molecule has 2 aliphatic rings. The van der Waals surface area contributed by atoms with Crippen molar-refractivity contribution in [1.29, 1.82) is 5.26 Å². The Labute approximate surface area is 227 Å². The van der Waals surface area contributed by atoms with Gasteiger partial charge in [-0.25, -0.2) is 4.98 Å². The highest BCUT2D eigenvalue weighted by molar-refractivity contribution is 5.96. The van der Waals surface area contributed by atoms with Crippen molar-refractivity contribution in [1.82, 2.24) is 4.98 Å². The Morgan fingerprint density at radius 2 is 0.974 bits per heavy atom. The van der Waals surface area contributed by atoms with E-state index in [-0.39, 0.29) is 5.41 Å². The van der Waals surface area contributed by atoms with Gasteiger partial charge in [-0.2, -0.15) is 5.26 Å². The molecule has 1 aromatic heterocycles. The molecule has 5 aromatic carbocycles. The SMILES string of the molecule is N#Cc1cc(-c2cccc(-c3ccc4c(c3)-c3ccccc3C43c4ccccc4-c4ccccc43)c2)ccn1. The fourth-order valence-electron chi connectivity index (χ4n) is 6.83. The Hall–Kier alpha value is -5.26. The van der Waals surface area contributed by atoms with Crippen molar-refractivity contribution in [2.24, 2.45) is 0 Å². The molecule has 0 saturated heterocycles. The van der Waals surface area contributed by atoms with E-state index in [2.05, 4.69) is 126 Å². The van der Waals surface area contributed by atoms with Crippen LogP contribution in [0.3, 0.4) is 0 Å². The van der Waals surface area contributed by atoms with Crippen LogP contribution < -0.4 is 0 Å². The molecule has 0 fully saturated rings. The summed E-state index contributed by atoms with van der Waals surface area (Å²) in [7, 11) is 0. The summed E-state index contributed by atoms with van der Waals surface area (Å²) in [5.74, 6) is 0. The second kappa shape index (κ2) is 8.12. The maximum Gasteiger partial charge on any atom is 0.141 e. The van der Waals surface area contributed by atoms with Gasteiger partial charge in [0.15, 0.2) is 0 Å². The van der Waals surface area contributed by atoms with E-state index in [9.17, 15) is 5.26 Å². The molecule has 0 atom stereocenters. The van der Waals surface area contributed by atoms with E-state index in [0.29, 0.717) is 5.69 Å². The van der Waals surface area contributed by atoms with E-state index >= 15 is 0 Å². The van der Waals surface area contributed by atoms with Crippen molar-refractivity contribution in [3.63, 3.8) is 0 Å². The molecule has 2 nitrogen and oxygen atoms in total. The van der Waals surface area contributed by atoms with Crippen molar-refractivity contribution < 1.29 is 0 Å². The molecule has 0 aliphatic heterocycles. The zero-order valence-corrected chi connectivity index (χ0v) is 21.1. The van der Waals surface area contributed by atoms with Crippen LogP contribution in [0.5, 0.6) is 0 Å². The van der Waals surface area contributed by atoms with Crippen LogP contribution in [0.4, 0.5) is 0 Å². The van der Waals surface area contributed by atoms with Crippen molar-refractivity contribution >= 4 is 0 Å². The highest BCUT2D eigenvalue weighted by Gasteiger charge is 2.51. The molecule has 2 aliphatic carbocycles. The largest absolute Gasteiger partial charge is 0.246 e. The molecule has 0 amide bonds.